The first-order valence-electron chi connectivity index (χ1n) is 5.41. The molecule has 0 saturated heterocycles. The van der Waals surface area contributed by atoms with E-state index in [2.05, 4.69) is 4.98 Å². The van der Waals surface area contributed by atoms with Crippen LogP contribution in [0.5, 0.6) is 0 Å². The van der Waals surface area contributed by atoms with E-state index >= 15 is 0 Å². The fraction of sp³-hybridized carbons (Fsp3) is 0. The normalized spacial score (nSPS) is 13.8. The molecule has 0 fully saturated rings. The maximum Gasteiger partial charge on any atom is 0.343 e. The van der Waals surface area contributed by atoms with Crippen LogP contribution < -0.4 is 5.73 Å². The fourth-order valence-electron chi connectivity index (χ4n) is 1.97. The van der Waals surface area contributed by atoms with Gasteiger partial charge in [-0.05, 0) is 12.1 Å². The van der Waals surface area contributed by atoms with Crippen molar-refractivity contribution in [2.24, 2.45) is 0 Å². The highest BCUT2D eigenvalue weighted by Crippen LogP contribution is 2.27. The van der Waals surface area contributed by atoms with Gasteiger partial charge in [0.05, 0.1) is 11.1 Å². The van der Waals surface area contributed by atoms with Gasteiger partial charge in [0, 0.05) is 18.1 Å². The number of hydrogen-bond acceptors (Lipinski definition) is 5. The molecule has 7 nitrogen and oxygen atoms in total. The molecule has 2 N–H and O–H groups in total. The monoisotopic (exact) mass is 256 g/mol. The Bertz CT molecular complexity index is 706. The lowest BCUT2D eigenvalue weighted by atomic mass is 10.1. The standard InChI is InChI=1S/C12H8N4O3/c13-8-3-1-2-7-9(8)11(18)16(10(7)17)12(19)15-5-4-14-6-15/h1-6H,13H2. The summed E-state index contributed by atoms with van der Waals surface area (Å²) in [5, 5.41) is 0. The van der Waals surface area contributed by atoms with Crippen molar-refractivity contribution in [1.29, 1.82) is 0 Å². The number of fused-ring (bicyclic) bond motifs is 1. The van der Waals surface area contributed by atoms with Gasteiger partial charge in [-0.2, -0.15) is 4.90 Å². The number of carbonyl (C=O) groups is 3. The molecule has 0 bridgehead atoms. The van der Waals surface area contributed by atoms with Crippen molar-refractivity contribution in [2.45, 2.75) is 0 Å². The molecule has 0 spiro atoms. The van der Waals surface area contributed by atoms with Gasteiger partial charge in [0.25, 0.3) is 11.8 Å². The Morgan fingerprint density at radius 3 is 2.63 bits per heavy atom. The van der Waals surface area contributed by atoms with Crippen LogP contribution in [0.1, 0.15) is 20.7 Å². The van der Waals surface area contributed by atoms with E-state index in [-0.39, 0.29) is 16.8 Å². The first kappa shape index (κ1) is 11.1. The Morgan fingerprint density at radius 1 is 1.21 bits per heavy atom. The van der Waals surface area contributed by atoms with Crippen molar-refractivity contribution in [2.75, 3.05) is 5.73 Å². The Morgan fingerprint density at radius 2 is 2.00 bits per heavy atom. The van der Waals surface area contributed by atoms with Crippen molar-refractivity contribution in [1.82, 2.24) is 14.5 Å². The number of nitrogen functional groups attached to an aromatic ring is 1. The number of hydrogen-bond donors (Lipinski definition) is 1. The van der Waals surface area contributed by atoms with Gasteiger partial charge in [-0.3, -0.25) is 14.2 Å². The van der Waals surface area contributed by atoms with Crippen LogP contribution in [0.3, 0.4) is 0 Å². The number of imide groups is 3. The van der Waals surface area contributed by atoms with E-state index in [4.69, 9.17) is 5.73 Å². The molecule has 7 heteroatoms. The molecule has 94 valence electrons. The summed E-state index contributed by atoms with van der Waals surface area (Å²) < 4.78 is 1.05. The number of benzene rings is 1. The van der Waals surface area contributed by atoms with E-state index in [9.17, 15) is 14.4 Å². The molecular weight excluding hydrogens is 248 g/mol. The van der Waals surface area contributed by atoms with E-state index in [0.717, 1.165) is 4.57 Å². The molecule has 0 saturated carbocycles. The number of rotatable bonds is 0. The average Bonchev–Trinajstić information content (AvgIpc) is 2.98. The molecule has 2 aromatic rings. The van der Waals surface area contributed by atoms with Crippen LogP contribution in [-0.2, 0) is 0 Å². The first-order chi connectivity index (χ1) is 9.11. The van der Waals surface area contributed by atoms with Crippen molar-refractivity contribution in [3.8, 4) is 0 Å². The van der Waals surface area contributed by atoms with E-state index in [1.807, 2.05) is 0 Å². The predicted octanol–water partition coefficient (Wildman–Crippen LogP) is 0.730. The fourth-order valence-corrected chi connectivity index (χ4v) is 1.97. The smallest absolute Gasteiger partial charge is 0.343 e. The molecule has 0 radical (unpaired) electrons. The summed E-state index contributed by atoms with van der Waals surface area (Å²) in [6, 6.07) is 3.76. The molecule has 1 aliphatic heterocycles. The summed E-state index contributed by atoms with van der Waals surface area (Å²) in [5.41, 5.74) is 6.06. The maximum absolute atomic E-state index is 12.1. The summed E-state index contributed by atoms with van der Waals surface area (Å²) in [4.78, 5) is 40.6. The number of nitrogens with zero attached hydrogens (tertiary/aromatic N) is 3. The highest BCUT2D eigenvalue weighted by atomic mass is 16.2. The number of nitrogens with two attached hydrogens (primary N) is 1. The molecule has 1 aliphatic rings. The van der Waals surface area contributed by atoms with Crippen LogP contribution in [0.2, 0.25) is 0 Å². The number of imidazole rings is 1. The summed E-state index contributed by atoms with van der Waals surface area (Å²) in [7, 11) is 0. The van der Waals surface area contributed by atoms with Crippen LogP contribution in [0.4, 0.5) is 10.5 Å². The lowest BCUT2D eigenvalue weighted by Gasteiger charge is -2.11. The minimum atomic E-state index is -0.775. The Balaban J connectivity index is 2.09. The van der Waals surface area contributed by atoms with Crippen LogP contribution in [0, 0.1) is 0 Å². The maximum atomic E-state index is 12.1. The SMILES string of the molecule is Nc1cccc2c1C(=O)N(C(=O)n1ccnc1)C2=O. The topological polar surface area (TPSA) is 98.3 Å². The van der Waals surface area contributed by atoms with Gasteiger partial charge in [-0.15, -0.1) is 0 Å². The Labute approximate surface area is 107 Å². The zero-order valence-corrected chi connectivity index (χ0v) is 9.61. The number of amides is 3. The van der Waals surface area contributed by atoms with Gasteiger partial charge < -0.3 is 5.73 Å². The van der Waals surface area contributed by atoms with Crippen LogP contribution in [0.25, 0.3) is 0 Å². The van der Waals surface area contributed by atoms with E-state index in [0.29, 0.717) is 4.90 Å². The van der Waals surface area contributed by atoms with Crippen molar-refractivity contribution in [3.63, 3.8) is 0 Å². The second-order valence-corrected chi connectivity index (χ2v) is 3.97. The molecule has 0 aliphatic carbocycles. The average molecular weight is 256 g/mol. The second kappa shape index (κ2) is 3.77. The third-order valence-corrected chi connectivity index (χ3v) is 2.86. The van der Waals surface area contributed by atoms with Gasteiger partial charge in [-0.1, -0.05) is 6.07 Å². The molecule has 2 heterocycles. The van der Waals surface area contributed by atoms with Crippen molar-refractivity contribution < 1.29 is 14.4 Å². The van der Waals surface area contributed by atoms with Gasteiger partial charge in [-0.25, -0.2) is 9.78 Å². The highest BCUT2D eigenvalue weighted by Gasteiger charge is 2.41. The molecule has 1 aromatic heterocycles. The van der Waals surface area contributed by atoms with Crippen LogP contribution in [-0.4, -0.2) is 32.3 Å². The molecular formula is C12H8N4O3. The van der Waals surface area contributed by atoms with Gasteiger partial charge in [0.15, 0.2) is 0 Å². The van der Waals surface area contributed by atoms with E-state index in [1.54, 1.807) is 6.07 Å². The largest absolute Gasteiger partial charge is 0.398 e. The summed E-state index contributed by atoms with van der Waals surface area (Å²) in [6.07, 6.45) is 3.95. The molecule has 0 unspecified atom stereocenters. The quantitative estimate of drug-likeness (QED) is 0.553. The lowest BCUT2D eigenvalue weighted by Crippen LogP contribution is -2.38. The van der Waals surface area contributed by atoms with Crippen molar-refractivity contribution in [3.05, 3.63) is 48.0 Å². The zero-order chi connectivity index (χ0) is 13.6. The third-order valence-electron chi connectivity index (χ3n) is 2.86. The highest BCUT2D eigenvalue weighted by molar-refractivity contribution is 6.30. The van der Waals surface area contributed by atoms with Gasteiger partial charge in [0.1, 0.15) is 6.33 Å². The minimum Gasteiger partial charge on any atom is -0.398 e. The molecule has 19 heavy (non-hydrogen) atoms. The van der Waals surface area contributed by atoms with E-state index < -0.39 is 17.8 Å². The lowest BCUT2D eigenvalue weighted by molar-refractivity contribution is 0.0704. The second-order valence-electron chi connectivity index (χ2n) is 3.97. The molecule has 3 amide bonds. The Hall–Kier alpha value is -2.96. The number of aromatic nitrogens is 2. The minimum absolute atomic E-state index is 0.0703. The zero-order valence-electron chi connectivity index (χ0n) is 9.61. The van der Waals surface area contributed by atoms with Crippen molar-refractivity contribution >= 4 is 23.5 Å². The van der Waals surface area contributed by atoms with Gasteiger partial charge in [0.2, 0.25) is 0 Å². The number of anilines is 1. The molecule has 3 rings (SSSR count). The third kappa shape index (κ3) is 1.45. The van der Waals surface area contributed by atoms with Crippen LogP contribution >= 0.6 is 0 Å². The summed E-state index contributed by atoms with van der Waals surface area (Å²) in [6.45, 7) is 0. The first-order valence-corrected chi connectivity index (χ1v) is 5.41. The van der Waals surface area contributed by atoms with E-state index in [1.165, 1.54) is 30.9 Å². The predicted molar refractivity (Wildman–Crippen MR) is 64.4 cm³/mol. The summed E-state index contributed by atoms with van der Waals surface area (Å²) >= 11 is 0. The van der Waals surface area contributed by atoms with Crippen LogP contribution in [0.15, 0.2) is 36.9 Å². The van der Waals surface area contributed by atoms with Gasteiger partial charge >= 0.3 is 6.03 Å². The Kier molecular flexibility index (Phi) is 2.21. The summed E-state index contributed by atoms with van der Waals surface area (Å²) in [5.74, 6) is -1.39. The molecule has 1 aromatic carbocycles. The number of carbonyl (C=O) groups excluding carboxylic acids is 3. The molecule has 0 atom stereocenters.